The second-order valence-electron chi connectivity index (χ2n) is 12.0. The maximum absolute atomic E-state index is 14.6. The van der Waals surface area contributed by atoms with Crippen LogP contribution in [0.15, 0.2) is 108 Å². The van der Waals surface area contributed by atoms with E-state index in [1.807, 2.05) is 68.4 Å². The fraction of sp³-hybridized carbons (Fsp3) is 0.297. The molecule has 5 rings (SSSR count). The molecule has 0 radical (unpaired) electrons. The molecule has 0 heterocycles. The minimum atomic E-state index is -4.30. The fourth-order valence-electron chi connectivity index (χ4n) is 5.79. The molecule has 0 aromatic heterocycles. The Balaban J connectivity index is 1.55. The fourth-order valence-corrected chi connectivity index (χ4v) is 7.20. The van der Waals surface area contributed by atoms with Gasteiger partial charge in [-0.15, -0.1) is 0 Å². The van der Waals surface area contributed by atoms with E-state index in [0.29, 0.717) is 0 Å². The molecule has 1 N–H and O–H groups in total. The van der Waals surface area contributed by atoms with E-state index in [9.17, 15) is 22.4 Å². The lowest BCUT2D eigenvalue weighted by Crippen LogP contribution is -2.54. The van der Waals surface area contributed by atoms with Crippen LogP contribution in [0.25, 0.3) is 0 Å². The number of hydrogen-bond donors (Lipinski definition) is 1. The number of anilines is 1. The number of sulfonamides is 1. The van der Waals surface area contributed by atoms with Gasteiger partial charge in [0.2, 0.25) is 11.8 Å². The molecule has 1 aliphatic rings. The molecule has 240 valence electrons. The zero-order valence-electron chi connectivity index (χ0n) is 26.2. The molecular weight excluding hydrogens is 601 g/mol. The molecule has 4 aromatic carbocycles. The summed E-state index contributed by atoms with van der Waals surface area (Å²) in [7, 11) is -4.30. The van der Waals surface area contributed by atoms with Crippen LogP contribution in [0.1, 0.15) is 47.9 Å². The van der Waals surface area contributed by atoms with E-state index in [2.05, 4.69) is 5.32 Å². The maximum atomic E-state index is 14.6. The van der Waals surface area contributed by atoms with Gasteiger partial charge in [0.1, 0.15) is 18.4 Å². The normalized spacial score (nSPS) is 14.1. The molecule has 0 spiro atoms. The third kappa shape index (κ3) is 8.20. The summed E-state index contributed by atoms with van der Waals surface area (Å²) in [6.45, 7) is 3.40. The molecule has 0 unspecified atom stereocenters. The topological polar surface area (TPSA) is 86.8 Å². The van der Waals surface area contributed by atoms with E-state index in [0.717, 1.165) is 64.4 Å². The number of rotatable bonds is 12. The van der Waals surface area contributed by atoms with Crippen molar-refractivity contribution >= 4 is 27.5 Å². The van der Waals surface area contributed by atoms with Gasteiger partial charge < -0.3 is 10.2 Å². The zero-order valence-corrected chi connectivity index (χ0v) is 27.0. The van der Waals surface area contributed by atoms with Crippen molar-refractivity contribution in [2.75, 3.05) is 10.8 Å². The Hall–Kier alpha value is -4.50. The van der Waals surface area contributed by atoms with Crippen molar-refractivity contribution in [3.05, 3.63) is 131 Å². The van der Waals surface area contributed by atoms with Gasteiger partial charge >= 0.3 is 0 Å². The zero-order chi connectivity index (χ0) is 32.7. The summed E-state index contributed by atoms with van der Waals surface area (Å²) in [6.07, 6.45) is 4.09. The van der Waals surface area contributed by atoms with E-state index in [-0.39, 0.29) is 35.5 Å². The quantitative estimate of drug-likeness (QED) is 0.196. The second-order valence-corrected chi connectivity index (χ2v) is 13.9. The number of aryl methyl sites for hydroxylation is 2. The Morgan fingerprint density at radius 3 is 2.00 bits per heavy atom. The van der Waals surface area contributed by atoms with Gasteiger partial charge in [0.25, 0.3) is 10.0 Å². The number of hydrogen-bond acceptors (Lipinski definition) is 4. The Bertz CT molecular complexity index is 1720. The van der Waals surface area contributed by atoms with Crippen LogP contribution in [-0.4, -0.2) is 43.8 Å². The van der Waals surface area contributed by atoms with Gasteiger partial charge in [0.15, 0.2) is 0 Å². The van der Waals surface area contributed by atoms with Gasteiger partial charge in [0.05, 0.1) is 10.6 Å². The highest BCUT2D eigenvalue weighted by atomic mass is 32.2. The molecule has 1 atom stereocenters. The van der Waals surface area contributed by atoms with E-state index in [4.69, 9.17) is 0 Å². The lowest BCUT2D eigenvalue weighted by Gasteiger charge is -2.34. The van der Waals surface area contributed by atoms with Crippen LogP contribution >= 0.6 is 0 Å². The molecule has 46 heavy (non-hydrogen) atoms. The molecule has 2 amide bonds. The van der Waals surface area contributed by atoms with Gasteiger partial charge in [-0.1, -0.05) is 90.7 Å². The van der Waals surface area contributed by atoms with E-state index >= 15 is 0 Å². The van der Waals surface area contributed by atoms with Crippen LogP contribution in [0.4, 0.5) is 10.1 Å². The minimum Gasteiger partial charge on any atom is -0.352 e. The average molecular weight is 642 g/mol. The second kappa shape index (κ2) is 14.7. The molecule has 7 nitrogen and oxygen atoms in total. The maximum Gasteiger partial charge on any atom is 0.264 e. The highest BCUT2D eigenvalue weighted by molar-refractivity contribution is 7.92. The van der Waals surface area contributed by atoms with Gasteiger partial charge in [-0.05, 0) is 74.2 Å². The first kappa shape index (κ1) is 32.9. The van der Waals surface area contributed by atoms with Crippen molar-refractivity contribution in [3.63, 3.8) is 0 Å². The Labute approximate surface area is 271 Å². The van der Waals surface area contributed by atoms with Gasteiger partial charge in [-0.2, -0.15) is 0 Å². The molecule has 9 heteroatoms. The van der Waals surface area contributed by atoms with Crippen LogP contribution in [0.3, 0.4) is 0 Å². The first-order valence-electron chi connectivity index (χ1n) is 15.6. The van der Waals surface area contributed by atoms with Crippen LogP contribution < -0.4 is 9.62 Å². The van der Waals surface area contributed by atoms with Gasteiger partial charge in [-0.3, -0.25) is 13.9 Å². The van der Waals surface area contributed by atoms with Crippen molar-refractivity contribution in [2.24, 2.45) is 0 Å². The summed E-state index contributed by atoms with van der Waals surface area (Å²) < 4.78 is 42.9. The number of carbonyl (C=O) groups excluding carboxylic acids is 2. The van der Waals surface area contributed by atoms with Crippen molar-refractivity contribution in [1.29, 1.82) is 0 Å². The summed E-state index contributed by atoms with van der Waals surface area (Å²) in [4.78, 5) is 30.0. The predicted octanol–water partition coefficient (Wildman–Crippen LogP) is 6.34. The molecule has 1 aliphatic carbocycles. The Morgan fingerprint density at radius 2 is 1.39 bits per heavy atom. The van der Waals surface area contributed by atoms with Crippen LogP contribution in [-0.2, 0) is 32.6 Å². The van der Waals surface area contributed by atoms with Gasteiger partial charge in [-0.25, -0.2) is 12.8 Å². The van der Waals surface area contributed by atoms with Crippen molar-refractivity contribution in [3.8, 4) is 0 Å². The molecule has 4 aromatic rings. The summed E-state index contributed by atoms with van der Waals surface area (Å²) in [6, 6.07) is 27.7. The standard InChI is InChI=1S/C37H40FN3O4S/c1-27-12-16-30(17-13-27)25-40(35(24-29-8-4-3-5-9-29)37(43)39-32-10-6-7-11-32)36(42)26-41(33-20-14-28(2)15-21-33)46(44,45)34-22-18-31(38)19-23-34/h3-5,8-9,12-23,32,35H,6-7,10-11,24-26H2,1-2H3,(H,39,43)/t35-/m1/s1. The summed E-state index contributed by atoms with van der Waals surface area (Å²) in [5.74, 6) is -1.37. The van der Waals surface area contributed by atoms with Crippen LogP contribution in [0.2, 0.25) is 0 Å². The first-order chi connectivity index (χ1) is 22.1. The molecule has 0 bridgehead atoms. The highest BCUT2D eigenvalue weighted by Crippen LogP contribution is 2.26. The highest BCUT2D eigenvalue weighted by Gasteiger charge is 2.35. The number of carbonyl (C=O) groups is 2. The number of halogens is 1. The van der Waals surface area contributed by atoms with Crippen molar-refractivity contribution < 1.29 is 22.4 Å². The molecule has 0 saturated heterocycles. The van der Waals surface area contributed by atoms with Crippen LogP contribution in [0.5, 0.6) is 0 Å². The molecular formula is C37H40FN3O4S. The van der Waals surface area contributed by atoms with Crippen molar-refractivity contribution in [1.82, 2.24) is 10.2 Å². The van der Waals surface area contributed by atoms with Crippen molar-refractivity contribution in [2.45, 2.75) is 69.5 Å². The molecule has 1 saturated carbocycles. The predicted molar refractivity (Wildman–Crippen MR) is 178 cm³/mol. The number of nitrogens with zero attached hydrogens (tertiary/aromatic N) is 2. The monoisotopic (exact) mass is 641 g/mol. The smallest absolute Gasteiger partial charge is 0.264 e. The molecule has 1 fully saturated rings. The molecule has 0 aliphatic heterocycles. The minimum absolute atomic E-state index is 0.0324. The summed E-state index contributed by atoms with van der Waals surface area (Å²) in [5.41, 5.74) is 3.95. The van der Waals surface area contributed by atoms with E-state index in [1.165, 1.54) is 17.0 Å². The lowest BCUT2D eigenvalue weighted by atomic mass is 10.0. The van der Waals surface area contributed by atoms with Crippen LogP contribution in [0, 0.1) is 19.7 Å². The first-order valence-corrected chi connectivity index (χ1v) is 17.1. The third-order valence-corrected chi connectivity index (χ3v) is 10.2. The SMILES string of the molecule is Cc1ccc(CN(C(=O)CN(c2ccc(C)cc2)S(=O)(=O)c2ccc(F)cc2)[C@H](Cc2ccccc2)C(=O)NC2CCCC2)cc1. The largest absolute Gasteiger partial charge is 0.352 e. The Morgan fingerprint density at radius 1 is 0.804 bits per heavy atom. The summed E-state index contributed by atoms with van der Waals surface area (Å²) in [5, 5.41) is 3.18. The van der Waals surface area contributed by atoms with E-state index < -0.39 is 34.3 Å². The Kier molecular flexibility index (Phi) is 10.5. The lowest BCUT2D eigenvalue weighted by molar-refractivity contribution is -0.140. The number of amides is 2. The average Bonchev–Trinajstić information content (AvgIpc) is 3.56. The number of nitrogens with one attached hydrogen (secondary N) is 1. The third-order valence-electron chi connectivity index (χ3n) is 8.45. The van der Waals surface area contributed by atoms with E-state index in [1.54, 1.807) is 24.3 Å². The van der Waals surface area contributed by atoms with Gasteiger partial charge in [0, 0.05) is 19.0 Å². The number of benzene rings is 4. The summed E-state index contributed by atoms with van der Waals surface area (Å²) >= 11 is 0.